The highest BCUT2D eigenvalue weighted by Crippen LogP contribution is 2.19. The SMILES string of the molecule is CCc1ccc(CN2CCN(S(=O)(=O)N3CCCC3)CC2)o1. The Bertz CT molecular complexity index is 585. The molecule has 7 heteroatoms. The number of aryl methyl sites for hydroxylation is 1. The van der Waals surface area contributed by atoms with Gasteiger partial charge in [-0.25, -0.2) is 0 Å². The van der Waals surface area contributed by atoms with Crippen LogP contribution < -0.4 is 0 Å². The fourth-order valence-electron chi connectivity index (χ4n) is 3.12. The van der Waals surface area contributed by atoms with Gasteiger partial charge in [-0.05, 0) is 25.0 Å². The molecule has 2 saturated heterocycles. The van der Waals surface area contributed by atoms with Crippen LogP contribution in [0.2, 0.25) is 0 Å². The summed E-state index contributed by atoms with van der Waals surface area (Å²) < 4.78 is 34.0. The number of rotatable bonds is 5. The van der Waals surface area contributed by atoms with E-state index in [9.17, 15) is 8.42 Å². The van der Waals surface area contributed by atoms with E-state index in [0.29, 0.717) is 26.2 Å². The standard InChI is InChI=1S/C15H25N3O3S/c1-2-14-5-6-15(21-14)13-16-9-11-18(12-10-16)22(19,20)17-7-3-4-8-17/h5-6H,2-4,7-13H2,1H3. The summed E-state index contributed by atoms with van der Waals surface area (Å²) in [7, 11) is -3.24. The van der Waals surface area contributed by atoms with Gasteiger partial charge in [-0.1, -0.05) is 6.92 Å². The molecule has 6 nitrogen and oxygen atoms in total. The molecule has 1 aromatic rings. The summed E-state index contributed by atoms with van der Waals surface area (Å²) in [5.41, 5.74) is 0. The fourth-order valence-corrected chi connectivity index (χ4v) is 4.79. The molecule has 0 aliphatic carbocycles. The topological polar surface area (TPSA) is 57.0 Å². The Hall–Kier alpha value is -0.890. The molecule has 0 atom stereocenters. The Labute approximate surface area is 132 Å². The summed E-state index contributed by atoms with van der Waals surface area (Å²) in [4.78, 5) is 2.26. The highest BCUT2D eigenvalue weighted by molar-refractivity contribution is 7.86. The molecule has 0 unspecified atom stereocenters. The van der Waals surface area contributed by atoms with Gasteiger partial charge in [-0.15, -0.1) is 0 Å². The van der Waals surface area contributed by atoms with E-state index in [2.05, 4.69) is 11.8 Å². The third kappa shape index (κ3) is 3.37. The van der Waals surface area contributed by atoms with Crippen LogP contribution >= 0.6 is 0 Å². The molecule has 0 spiro atoms. The Morgan fingerprint density at radius 2 is 1.55 bits per heavy atom. The van der Waals surface area contributed by atoms with Gasteiger partial charge in [-0.3, -0.25) is 4.90 Å². The Balaban J connectivity index is 1.53. The van der Waals surface area contributed by atoms with Gasteiger partial charge in [0.15, 0.2) is 0 Å². The van der Waals surface area contributed by atoms with Crippen molar-refractivity contribution in [1.82, 2.24) is 13.5 Å². The van der Waals surface area contributed by atoms with E-state index in [1.54, 1.807) is 8.61 Å². The van der Waals surface area contributed by atoms with Crippen LogP contribution in [0.1, 0.15) is 31.3 Å². The summed E-state index contributed by atoms with van der Waals surface area (Å²) in [6, 6.07) is 4.04. The van der Waals surface area contributed by atoms with Gasteiger partial charge in [0, 0.05) is 45.7 Å². The third-order valence-corrected chi connectivity index (χ3v) is 6.53. The molecule has 1 aromatic heterocycles. The molecule has 3 heterocycles. The monoisotopic (exact) mass is 327 g/mol. The number of furan rings is 1. The lowest BCUT2D eigenvalue weighted by Crippen LogP contribution is -2.52. The Morgan fingerprint density at radius 3 is 2.14 bits per heavy atom. The van der Waals surface area contributed by atoms with Crippen molar-refractivity contribution in [2.24, 2.45) is 0 Å². The van der Waals surface area contributed by atoms with Crippen molar-refractivity contribution < 1.29 is 12.8 Å². The molecule has 2 aliphatic rings. The number of piperazine rings is 1. The van der Waals surface area contributed by atoms with Crippen molar-refractivity contribution in [3.8, 4) is 0 Å². The van der Waals surface area contributed by atoms with Gasteiger partial charge in [0.1, 0.15) is 11.5 Å². The molecular formula is C15H25N3O3S. The van der Waals surface area contributed by atoms with Crippen molar-refractivity contribution in [3.63, 3.8) is 0 Å². The minimum absolute atomic E-state index is 0.570. The van der Waals surface area contributed by atoms with Gasteiger partial charge in [-0.2, -0.15) is 17.0 Å². The van der Waals surface area contributed by atoms with E-state index >= 15 is 0 Å². The van der Waals surface area contributed by atoms with Crippen molar-refractivity contribution >= 4 is 10.2 Å². The predicted octanol–water partition coefficient (Wildman–Crippen LogP) is 1.30. The summed E-state index contributed by atoms with van der Waals surface area (Å²) in [6.07, 6.45) is 2.87. The van der Waals surface area contributed by atoms with E-state index < -0.39 is 10.2 Å². The second-order valence-corrected chi connectivity index (χ2v) is 7.94. The first-order valence-corrected chi connectivity index (χ1v) is 9.54. The van der Waals surface area contributed by atoms with Crippen LogP contribution in [0.4, 0.5) is 0 Å². The summed E-state index contributed by atoms with van der Waals surface area (Å²) >= 11 is 0. The minimum atomic E-state index is -3.24. The summed E-state index contributed by atoms with van der Waals surface area (Å²) in [5, 5.41) is 0. The molecule has 22 heavy (non-hydrogen) atoms. The molecule has 0 aromatic carbocycles. The van der Waals surface area contributed by atoms with Gasteiger partial charge < -0.3 is 4.42 Å². The van der Waals surface area contributed by atoms with Crippen molar-refractivity contribution in [3.05, 3.63) is 23.7 Å². The predicted molar refractivity (Wildman–Crippen MR) is 84.7 cm³/mol. The fraction of sp³-hybridized carbons (Fsp3) is 0.733. The lowest BCUT2D eigenvalue weighted by molar-refractivity contribution is 0.165. The van der Waals surface area contributed by atoms with Gasteiger partial charge in [0.25, 0.3) is 10.2 Å². The zero-order valence-electron chi connectivity index (χ0n) is 13.2. The zero-order valence-corrected chi connectivity index (χ0v) is 14.0. The van der Waals surface area contributed by atoms with Crippen molar-refractivity contribution in [2.45, 2.75) is 32.7 Å². The molecule has 0 radical (unpaired) electrons. The maximum Gasteiger partial charge on any atom is 0.282 e. The van der Waals surface area contributed by atoms with E-state index in [1.165, 1.54) is 0 Å². The molecular weight excluding hydrogens is 302 g/mol. The highest BCUT2D eigenvalue weighted by Gasteiger charge is 2.33. The molecule has 3 rings (SSSR count). The van der Waals surface area contributed by atoms with Crippen LogP contribution in [0, 0.1) is 0 Å². The maximum atomic E-state index is 12.5. The molecule has 2 fully saturated rings. The second-order valence-electron chi connectivity index (χ2n) is 6.01. The minimum Gasteiger partial charge on any atom is -0.465 e. The average molecular weight is 327 g/mol. The zero-order chi connectivity index (χ0) is 15.6. The molecule has 0 saturated carbocycles. The van der Waals surface area contributed by atoms with Gasteiger partial charge in [0.05, 0.1) is 6.54 Å². The first-order valence-electron chi connectivity index (χ1n) is 8.15. The summed E-state index contributed by atoms with van der Waals surface area (Å²) in [6.45, 7) is 6.84. The van der Waals surface area contributed by atoms with Crippen LogP contribution in [-0.2, 0) is 23.2 Å². The van der Waals surface area contributed by atoms with Crippen LogP contribution in [0.3, 0.4) is 0 Å². The lowest BCUT2D eigenvalue weighted by atomic mass is 10.3. The maximum absolute atomic E-state index is 12.5. The largest absolute Gasteiger partial charge is 0.465 e. The van der Waals surface area contributed by atoms with Crippen LogP contribution in [0.5, 0.6) is 0 Å². The molecule has 0 N–H and O–H groups in total. The first-order chi connectivity index (χ1) is 10.6. The molecule has 0 amide bonds. The number of hydrogen-bond donors (Lipinski definition) is 0. The Morgan fingerprint density at radius 1 is 0.955 bits per heavy atom. The van der Waals surface area contributed by atoms with Gasteiger partial charge in [0.2, 0.25) is 0 Å². The van der Waals surface area contributed by atoms with Crippen LogP contribution in [-0.4, -0.2) is 61.2 Å². The smallest absolute Gasteiger partial charge is 0.282 e. The van der Waals surface area contributed by atoms with E-state index in [4.69, 9.17) is 4.42 Å². The average Bonchev–Trinajstić information content (AvgIpc) is 3.19. The van der Waals surface area contributed by atoms with Crippen molar-refractivity contribution in [2.75, 3.05) is 39.3 Å². The van der Waals surface area contributed by atoms with Crippen molar-refractivity contribution in [1.29, 1.82) is 0 Å². The normalized spacial score (nSPS) is 22.4. The second kappa shape index (κ2) is 6.70. The number of nitrogens with zero attached hydrogens (tertiary/aromatic N) is 3. The van der Waals surface area contributed by atoms with Crippen LogP contribution in [0.15, 0.2) is 16.5 Å². The lowest BCUT2D eigenvalue weighted by Gasteiger charge is -2.35. The van der Waals surface area contributed by atoms with E-state index in [0.717, 1.165) is 50.4 Å². The summed E-state index contributed by atoms with van der Waals surface area (Å²) in [5.74, 6) is 1.97. The third-order valence-electron chi connectivity index (χ3n) is 4.49. The quantitative estimate of drug-likeness (QED) is 0.818. The first kappa shape index (κ1) is 16.0. The van der Waals surface area contributed by atoms with Gasteiger partial charge >= 0.3 is 0 Å². The molecule has 124 valence electrons. The van der Waals surface area contributed by atoms with E-state index in [1.807, 2.05) is 12.1 Å². The highest BCUT2D eigenvalue weighted by atomic mass is 32.2. The van der Waals surface area contributed by atoms with Crippen LogP contribution in [0.25, 0.3) is 0 Å². The molecule has 0 bridgehead atoms. The Kier molecular flexibility index (Phi) is 4.87. The van der Waals surface area contributed by atoms with E-state index in [-0.39, 0.29) is 0 Å². The molecule has 2 aliphatic heterocycles. The number of hydrogen-bond acceptors (Lipinski definition) is 4.